The lowest BCUT2D eigenvalue weighted by Crippen LogP contribution is -2.38. The predicted molar refractivity (Wildman–Crippen MR) is 88.6 cm³/mol. The molecule has 2 aromatic carbocycles. The molecule has 2 N–H and O–H groups in total. The van der Waals surface area contributed by atoms with Crippen LogP contribution < -0.4 is 15.4 Å². The first-order chi connectivity index (χ1) is 11.0. The number of carbonyl (C=O) groups is 1. The number of nitrogens with one attached hydrogen (secondary N) is 2. The Hall–Kier alpha value is -1.98. The molecule has 0 bridgehead atoms. The molecular formula is C16H15Cl2FN2O2. The zero-order valence-corrected chi connectivity index (χ0v) is 13.6. The Morgan fingerprint density at radius 3 is 2.70 bits per heavy atom. The second-order valence-electron chi connectivity index (χ2n) is 4.68. The van der Waals surface area contributed by atoms with Crippen molar-refractivity contribution >= 4 is 29.2 Å². The van der Waals surface area contributed by atoms with Crippen molar-refractivity contribution in [2.45, 2.75) is 6.42 Å². The molecule has 0 aliphatic heterocycles. The highest BCUT2D eigenvalue weighted by Gasteiger charge is 2.04. The second-order valence-corrected chi connectivity index (χ2v) is 5.52. The first-order valence-electron chi connectivity index (χ1n) is 6.88. The number of amides is 2. The summed E-state index contributed by atoms with van der Waals surface area (Å²) in [4.78, 5) is 11.6. The number of carbonyl (C=O) groups excluding carboxylic acids is 1. The minimum atomic E-state index is -0.383. The number of urea groups is 1. The maximum absolute atomic E-state index is 13.0. The van der Waals surface area contributed by atoms with Crippen LogP contribution in [0.3, 0.4) is 0 Å². The fourth-order valence-electron chi connectivity index (χ4n) is 1.85. The van der Waals surface area contributed by atoms with Crippen molar-refractivity contribution in [2.75, 3.05) is 13.3 Å². The van der Waals surface area contributed by atoms with Gasteiger partial charge in [-0.2, -0.15) is 0 Å². The summed E-state index contributed by atoms with van der Waals surface area (Å²) < 4.78 is 18.3. The molecule has 23 heavy (non-hydrogen) atoms. The molecule has 122 valence electrons. The molecule has 4 nitrogen and oxygen atoms in total. The Morgan fingerprint density at radius 1 is 1.13 bits per heavy atom. The number of ether oxygens (including phenoxy) is 1. The van der Waals surface area contributed by atoms with Crippen LogP contribution in [0.25, 0.3) is 0 Å². The van der Waals surface area contributed by atoms with E-state index >= 15 is 0 Å². The van der Waals surface area contributed by atoms with E-state index in [0.717, 1.165) is 5.56 Å². The predicted octanol–water partition coefficient (Wildman–Crippen LogP) is 4.01. The molecule has 0 atom stereocenters. The quantitative estimate of drug-likeness (QED) is 0.768. The van der Waals surface area contributed by atoms with E-state index in [9.17, 15) is 9.18 Å². The third-order valence-electron chi connectivity index (χ3n) is 2.94. The summed E-state index contributed by atoms with van der Waals surface area (Å²) in [5.74, 6) is 0.135. The van der Waals surface area contributed by atoms with Gasteiger partial charge in [0.1, 0.15) is 11.6 Å². The third kappa shape index (κ3) is 5.96. The average Bonchev–Trinajstić information content (AvgIpc) is 2.49. The molecule has 0 aliphatic rings. The lowest BCUT2D eigenvalue weighted by molar-refractivity contribution is 0.224. The molecule has 0 spiro atoms. The number of hydrogen-bond donors (Lipinski definition) is 2. The lowest BCUT2D eigenvalue weighted by Gasteiger charge is -2.10. The fraction of sp³-hybridized carbons (Fsp3) is 0.188. The Labute approximate surface area is 143 Å². The molecule has 2 aromatic rings. The Bertz CT molecular complexity index is 683. The van der Waals surface area contributed by atoms with Gasteiger partial charge in [-0.05, 0) is 42.3 Å². The van der Waals surface area contributed by atoms with Gasteiger partial charge >= 0.3 is 6.03 Å². The summed E-state index contributed by atoms with van der Waals surface area (Å²) in [5.41, 5.74) is 0.814. The monoisotopic (exact) mass is 356 g/mol. The van der Waals surface area contributed by atoms with Crippen LogP contribution in [0, 0.1) is 5.82 Å². The van der Waals surface area contributed by atoms with Crippen molar-refractivity contribution in [3.05, 3.63) is 63.9 Å². The van der Waals surface area contributed by atoms with E-state index in [1.54, 1.807) is 30.3 Å². The van der Waals surface area contributed by atoms with Gasteiger partial charge in [0, 0.05) is 11.6 Å². The number of hydrogen-bond acceptors (Lipinski definition) is 2. The van der Waals surface area contributed by atoms with Crippen LogP contribution in [-0.2, 0) is 6.42 Å². The highest BCUT2D eigenvalue weighted by molar-refractivity contribution is 6.35. The Morgan fingerprint density at radius 2 is 1.96 bits per heavy atom. The summed E-state index contributed by atoms with van der Waals surface area (Å²) in [6, 6.07) is 10.7. The summed E-state index contributed by atoms with van der Waals surface area (Å²) in [5, 5.41) is 6.06. The molecule has 0 unspecified atom stereocenters. The van der Waals surface area contributed by atoms with Crippen LogP contribution in [0.2, 0.25) is 10.0 Å². The average molecular weight is 357 g/mol. The van der Waals surface area contributed by atoms with Gasteiger partial charge < -0.3 is 15.4 Å². The number of benzene rings is 2. The fourth-order valence-corrected chi connectivity index (χ4v) is 2.31. The molecule has 0 aromatic heterocycles. The zero-order chi connectivity index (χ0) is 16.7. The summed E-state index contributed by atoms with van der Waals surface area (Å²) >= 11 is 11.7. The molecule has 0 saturated carbocycles. The van der Waals surface area contributed by atoms with Crippen molar-refractivity contribution in [2.24, 2.45) is 0 Å². The molecular weight excluding hydrogens is 342 g/mol. The number of halogens is 3. The van der Waals surface area contributed by atoms with E-state index in [1.807, 2.05) is 0 Å². The summed E-state index contributed by atoms with van der Waals surface area (Å²) in [6.07, 6.45) is 0.537. The van der Waals surface area contributed by atoms with Crippen LogP contribution in [0.5, 0.6) is 5.75 Å². The van der Waals surface area contributed by atoms with Gasteiger partial charge in [0.05, 0.1) is 5.02 Å². The molecule has 0 fully saturated rings. The molecule has 0 heterocycles. The van der Waals surface area contributed by atoms with Gasteiger partial charge in [0.2, 0.25) is 0 Å². The summed E-state index contributed by atoms with van der Waals surface area (Å²) in [6.45, 7) is 0.351. The largest absolute Gasteiger partial charge is 0.472 e. The highest BCUT2D eigenvalue weighted by atomic mass is 35.5. The maximum Gasteiger partial charge on any atom is 0.317 e. The SMILES string of the molecule is O=C(NCCc1cccc(F)c1)NCOc1ccc(Cl)cc1Cl. The van der Waals surface area contributed by atoms with E-state index in [2.05, 4.69) is 10.6 Å². The third-order valence-corrected chi connectivity index (χ3v) is 3.47. The first-order valence-corrected chi connectivity index (χ1v) is 7.64. The molecule has 2 amide bonds. The zero-order valence-electron chi connectivity index (χ0n) is 12.1. The van der Waals surface area contributed by atoms with Crippen molar-refractivity contribution < 1.29 is 13.9 Å². The second kappa shape index (κ2) is 8.60. The van der Waals surface area contributed by atoms with Crippen molar-refractivity contribution in [1.82, 2.24) is 10.6 Å². The van der Waals surface area contributed by atoms with Gasteiger partial charge in [0.25, 0.3) is 0 Å². The normalized spacial score (nSPS) is 10.2. The van der Waals surface area contributed by atoms with Crippen molar-refractivity contribution in [1.29, 1.82) is 0 Å². The topological polar surface area (TPSA) is 50.4 Å². The first kappa shape index (κ1) is 17.4. The van der Waals surface area contributed by atoms with Crippen molar-refractivity contribution in [3.63, 3.8) is 0 Å². The highest BCUT2D eigenvalue weighted by Crippen LogP contribution is 2.27. The maximum atomic E-state index is 13.0. The van der Waals surface area contributed by atoms with E-state index in [-0.39, 0.29) is 18.6 Å². The van der Waals surface area contributed by atoms with Gasteiger partial charge in [-0.1, -0.05) is 35.3 Å². The van der Waals surface area contributed by atoms with Crippen LogP contribution in [0.1, 0.15) is 5.56 Å². The molecule has 7 heteroatoms. The molecule has 2 rings (SSSR count). The minimum Gasteiger partial charge on any atom is -0.472 e. The lowest BCUT2D eigenvalue weighted by atomic mass is 10.1. The minimum absolute atomic E-state index is 0.0346. The molecule has 0 saturated heterocycles. The smallest absolute Gasteiger partial charge is 0.317 e. The van der Waals surface area contributed by atoms with Gasteiger partial charge in [-0.15, -0.1) is 0 Å². The van der Waals surface area contributed by atoms with Gasteiger partial charge in [-0.3, -0.25) is 0 Å². The van der Waals surface area contributed by atoms with E-state index in [4.69, 9.17) is 27.9 Å². The van der Waals surface area contributed by atoms with Crippen LogP contribution in [-0.4, -0.2) is 19.3 Å². The van der Waals surface area contributed by atoms with Crippen molar-refractivity contribution in [3.8, 4) is 5.75 Å². The van der Waals surface area contributed by atoms with Crippen LogP contribution >= 0.6 is 23.2 Å². The standard InChI is InChI=1S/C16H15Cl2FN2O2/c17-12-4-5-15(14(18)9-12)23-10-21-16(22)20-7-6-11-2-1-3-13(19)8-11/h1-5,8-9H,6-7,10H2,(H2,20,21,22). The summed E-state index contributed by atoms with van der Waals surface area (Å²) in [7, 11) is 0. The van der Waals surface area contributed by atoms with E-state index in [1.165, 1.54) is 12.1 Å². The van der Waals surface area contributed by atoms with Gasteiger partial charge in [-0.25, -0.2) is 9.18 Å². The molecule has 0 aliphatic carbocycles. The van der Waals surface area contributed by atoms with Crippen LogP contribution in [0.4, 0.5) is 9.18 Å². The molecule has 0 radical (unpaired) electrons. The Balaban J connectivity index is 1.67. The van der Waals surface area contributed by atoms with E-state index in [0.29, 0.717) is 28.8 Å². The van der Waals surface area contributed by atoms with E-state index < -0.39 is 0 Å². The van der Waals surface area contributed by atoms with Gasteiger partial charge in [0.15, 0.2) is 6.73 Å². The van der Waals surface area contributed by atoms with Crippen LogP contribution in [0.15, 0.2) is 42.5 Å². The Kier molecular flexibility index (Phi) is 6.50. The number of rotatable bonds is 6.